The summed E-state index contributed by atoms with van der Waals surface area (Å²) in [6.45, 7) is 3.39. The summed E-state index contributed by atoms with van der Waals surface area (Å²) in [5.74, 6) is -1.62. The number of rotatable bonds is 3. The maximum Gasteiger partial charge on any atom is 0.421 e. The van der Waals surface area contributed by atoms with Crippen molar-refractivity contribution in [3.05, 3.63) is 0 Å². The normalized spacial score (nSPS) is 27.8. The van der Waals surface area contributed by atoms with E-state index in [0.717, 1.165) is 0 Å². The van der Waals surface area contributed by atoms with Crippen LogP contribution in [0.25, 0.3) is 0 Å². The van der Waals surface area contributed by atoms with Gasteiger partial charge in [-0.3, -0.25) is 4.79 Å². The molecule has 0 heterocycles. The van der Waals surface area contributed by atoms with Crippen LogP contribution in [0.1, 0.15) is 20.3 Å². The van der Waals surface area contributed by atoms with Crippen molar-refractivity contribution in [3.63, 3.8) is 0 Å². The number of ether oxygens (including phenoxy) is 1. The van der Waals surface area contributed by atoms with Crippen LogP contribution in [-0.2, 0) is 9.53 Å². The summed E-state index contributed by atoms with van der Waals surface area (Å²) in [5.41, 5.74) is -0.562. The summed E-state index contributed by atoms with van der Waals surface area (Å²) in [6.07, 6.45) is -5.22. The van der Waals surface area contributed by atoms with Gasteiger partial charge >= 0.3 is 12.1 Å². The first kappa shape index (κ1) is 14.9. The number of carbonyl (C=O) groups excluding carboxylic acids is 1. The second kappa shape index (κ2) is 4.19. The highest BCUT2D eigenvalue weighted by Crippen LogP contribution is 2.64. The predicted octanol–water partition coefficient (Wildman–Crippen LogP) is 3.56. The molecule has 0 aromatic carbocycles. The summed E-state index contributed by atoms with van der Waals surface area (Å²) in [5, 5.41) is 0. The minimum absolute atomic E-state index is 0.508. The maximum atomic E-state index is 12.5. The number of carbonyl (C=O) groups is 1. The highest BCUT2D eigenvalue weighted by Gasteiger charge is 2.67. The molecule has 0 saturated heterocycles. The average molecular weight is 293 g/mol. The van der Waals surface area contributed by atoms with E-state index in [0.29, 0.717) is 0 Å². The molecule has 100 valence electrons. The monoisotopic (exact) mass is 292 g/mol. The van der Waals surface area contributed by atoms with Gasteiger partial charge in [0, 0.05) is 0 Å². The summed E-state index contributed by atoms with van der Waals surface area (Å²) in [7, 11) is 1.20. The fourth-order valence-corrected chi connectivity index (χ4v) is 2.44. The van der Waals surface area contributed by atoms with E-state index in [4.69, 9.17) is 23.2 Å². The van der Waals surface area contributed by atoms with Crippen LogP contribution in [0.3, 0.4) is 0 Å². The molecule has 0 spiro atoms. The highest BCUT2D eigenvalue weighted by atomic mass is 35.5. The lowest BCUT2D eigenvalue weighted by Gasteiger charge is -2.23. The van der Waals surface area contributed by atoms with Gasteiger partial charge in [-0.25, -0.2) is 0 Å². The zero-order valence-electron chi connectivity index (χ0n) is 9.57. The number of alkyl halides is 5. The molecular formula is C10H13Cl2F3O2. The molecule has 0 aromatic heterocycles. The van der Waals surface area contributed by atoms with Crippen molar-refractivity contribution in [2.75, 3.05) is 7.11 Å². The molecule has 1 fully saturated rings. The summed E-state index contributed by atoms with van der Waals surface area (Å²) < 4.78 is 39.2. The van der Waals surface area contributed by atoms with Gasteiger partial charge in [-0.1, -0.05) is 37.0 Å². The molecule has 7 heteroatoms. The number of hydrogen-bond acceptors (Lipinski definition) is 2. The van der Waals surface area contributed by atoms with Crippen LogP contribution in [0.5, 0.6) is 0 Å². The molecule has 2 nitrogen and oxygen atoms in total. The summed E-state index contributed by atoms with van der Waals surface area (Å²) in [6, 6.07) is 0. The van der Waals surface area contributed by atoms with Crippen molar-refractivity contribution in [3.8, 4) is 0 Å². The minimum Gasteiger partial charge on any atom is -0.469 e. The van der Waals surface area contributed by atoms with E-state index >= 15 is 0 Å². The molecule has 17 heavy (non-hydrogen) atoms. The Labute approximate surface area is 107 Å². The van der Waals surface area contributed by atoms with Crippen molar-refractivity contribution in [2.24, 2.45) is 17.3 Å². The van der Waals surface area contributed by atoms with Gasteiger partial charge in [0.25, 0.3) is 0 Å². The SMILES string of the molecule is COC(=O)[C@@H]1[C@H](CC(Cl)(Cl)C(F)(F)F)C1(C)C. The van der Waals surface area contributed by atoms with Gasteiger partial charge < -0.3 is 4.74 Å². The molecule has 0 radical (unpaired) electrons. The smallest absolute Gasteiger partial charge is 0.421 e. The van der Waals surface area contributed by atoms with Crippen molar-refractivity contribution >= 4 is 29.2 Å². The highest BCUT2D eigenvalue weighted by molar-refractivity contribution is 6.49. The molecule has 0 amide bonds. The van der Waals surface area contributed by atoms with E-state index in [9.17, 15) is 18.0 Å². The molecule has 1 rings (SSSR count). The standard InChI is InChI=1S/C10H13Cl2F3O2/c1-8(2)5(6(8)7(16)17-3)4-9(11,12)10(13,14)15/h5-6H,4H2,1-3H3/t5-,6-/m0/s1. The molecule has 1 saturated carbocycles. The van der Waals surface area contributed by atoms with E-state index in [-0.39, 0.29) is 0 Å². The topological polar surface area (TPSA) is 26.3 Å². The van der Waals surface area contributed by atoms with Crippen LogP contribution in [0, 0.1) is 17.3 Å². The molecule has 0 bridgehead atoms. The number of hydrogen-bond donors (Lipinski definition) is 0. The van der Waals surface area contributed by atoms with Gasteiger partial charge in [-0.2, -0.15) is 13.2 Å². The van der Waals surface area contributed by atoms with Gasteiger partial charge in [-0.05, 0) is 17.8 Å². The summed E-state index contributed by atoms with van der Waals surface area (Å²) >= 11 is 10.6. The fourth-order valence-electron chi connectivity index (χ4n) is 2.11. The van der Waals surface area contributed by atoms with E-state index in [1.54, 1.807) is 13.8 Å². The van der Waals surface area contributed by atoms with E-state index in [1.807, 2.05) is 0 Å². The lowest BCUT2D eigenvalue weighted by atomic mass is 10.1. The lowest BCUT2D eigenvalue weighted by molar-refractivity contribution is -0.147. The summed E-state index contributed by atoms with van der Waals surface area (Å²) in [4.78, 5) is 11.3. The van der Waals surface area contributed by atoms with Crippen LogP contribution in [0.2, 0.25) is 0 Å². The van der Waals surface area contributed by atoms with Crippen molar-refractivity contribution in [1.29, 1.82) is 0 Å². The van der Waals surface area contributed by atoms with Crippen LogP contribution in [-0.4, -0.2) is 23.6 Å². The average Bonchev–Trinajstić information content (AvgIpc) is 2.64. The zero-order valence-corrected chi connectivity index (χ0v) is 11.1. The molecule has 0 unspecified atom stereocenters. The number of esters is 1. The first-order chi connectivity index (χ1) is 7.45. The Kier molecular flexibility index (Phi) is 3.68. The number of methoxy groups -OCH3 is 1. The van der Waals surface area contributed by atoms with Crippen LogP contribution in [0.4, 0.5) is 13.2 Å². The Balaban J connectivity index is 2.76. The first-order valence-electron chi connectivity index (χ1n) is 4.97. The quantitative estimate of drug-likeness (QED) is 0.587. The van der Waals surface area contributed by atoms with Gasteiger partial charge in [0.2, 0.25) is 4.33 Å². The maximum absolute atomic E-state index is 12.5. The van der Waals surface area contributed by atoms with Crippen LogP contribution in [0.15, 0.2) is 0 Å². The molecule has 0 aliphatic heterocycles. The lowest BCUT2D eigenvalue weighted by Crippen LogP contribution is -2.35. The molecule has 0 N–H and O–H groups in total. The Morgan fingerprint density at radius 3 is 2.18 bits per heavy atom. The molecule has 2 atom stereocenters. The van der Waals surface area contributed by atoms with E-state index < -0.39 is 40.2 Å². The Bertz CT molecular complexity index is 326. The zero-order chi connectivity index (χ0) is 13.6. The second-order valence-corrected chi connectivity index (χ2v) is 6.32. The van der Waals surface area contributed by atoms with Crippen molar-refractivity contribution < 1.29 is 22.7 Å². The van der Waals surface area contributed by atoms with Gasteiger partial charge in [-0.15, -0.1) is 0 Å². The largest absolute Gasteiger partial charge is 0.469 e. The second-order valence-electron chi connectivity index (χ2n) is 4.84. The first-order valence-corrected chi connectivity index (χ1v) is 5.73. The van der Waals surface area contributed by atoms with Gasteiger partial charge in [0.05, 0.1) is 13.0 Å². The third-order valence-electron chi connectivity index (χ3n) is 3.40. The van der Waals surface area contributed by atoms with E-state index in [1.165, 1.54) is 7.11 Å². The third kappa shape index (κ3) is 2.65. The molecule has 1 aliphatic rings. The van der Waals surface area contributed by atoms with Crippen molar-refractivity contribution in [1.82, 2.24) is 0 Å². The van der Waals surface area contributed by atoms with E-state index in [2.05, 4.69) is 4.74 Å². The van der Waals surface area contributed by atoms with Gasteiger partial charge in [0.1, 0.15) is 0 Å². The van der Waals surface area contributed by atoms with Gasteiger partial charge in [0.15, 0.2) is 0 Å². The van der Waals surface area contributed by atoms with Crippen LogP contribution >= 0.6 is 23.2 Å². The Hall–Kier alpha value is -0.160. The minimum atomic E-state index is -4.71. The van der Waals surface area contributed by atoms with Crippen molar-refractivity contribution in [2.45, 2.75) is 30.8 Å². The Morgan fingerprint density at radius 1 is 1.35 bits per heavy atom. The third-order valence-corrected chi connectivity index (χ3v) is 4.13. The Morgan fingerprint density at radius 2 is 1.82 bits per heavy atom. The van der Waals surface area contributed by atoms with Crippen LogP contribution < -0.4 is 0 Å². The predicted molar refractivity (Wildman–Crippen MR) is 57.9 cm³/mol. The number of halogens is 5. The molecule has 1 aliphatic carbocycles. The molecular weight excluding hydrogens is 280 g/mol. The molecule has 0 aromatic rings. The fraction of sp³-hybridized carbons (Fsp3) is 0.900.